The minimum Gasteiger partial charge on any atom is -0.489 e. The van der Waals surface area contributed by atoms with Gasteiger partial charge in [0.05, 0.1) is 33.0 Å². The van der Waals surface area contributed by atoms with Crippen molar-refractivity contribution in [3.8, 4) is 5.75 Å². The number of hydrogen-bond acceptors (Lipinski definition) is 4. The van der Waals surface area contributed by atoms with Gasteiger partial charge < -0.3 is 19.5 Å². The molecule has 0 fully saturated rings. The molecule has 0 aliphatic heterocycles. The van der Waals surface area contributed by atoms with E-state index in [0.717, 1.165) is 5.37 Å². The van der Waals surface area contributed by atoms with Crippen molar-refractivity contribution >= 4 is 56.8 Å². The number of nitrogens with one attached hydrogen (secondary N) is 1. The molecule has 1 aromatic rings. The maximum absolute atomic E-state index is 12.0. The second kappa shape index (κ2) is 9.27. The first-order valence-electron chi connectivity index (χ1n) is 7.00. The molecule has 1 aromatic carbocycles. The van der Waals surface area contributed by atoms with E-state index in [1.54, 1.807) is 14.1 Å². The normalized spacial score (nSPS) is 12.2. The van der Waals surface area contributed by atoms with E-state index in [1.807, 2.05) is 13.8 Å². The van der Waals surface area contributed by atoms with Crippen LogP contribution in [0.4, 0.5) is 5.69 Å². The monoisotopic (exact) mass is 394 g/mol. The van der Waals surface area contributed by atoms with Crippen LogP contribution in [-0.2, 0) is 9.59 Å². The van der Waals surface area contributed by atoms with Crippen molar-refractivity contribution in [2.75, 3.05) is 25.2 Å². The van der Waals surface area contributed by atoms with Crippen LogP contribution in [0, 0.1) is 0 Å². The Morgan fingerprint density at radius 3 is 2.50 bits per heavy atom. The van der Waals surface area contributed by atoms with Crippen molar-refractivity contribution in [3.63, 3.8) is 0 Å². The molecule has 0 heterocycles. The summed E-state index contributed by atoms with van der Waals surface area (Å²) >= 11 is 12.1. The summed E-state index contributed by atoms with van der Waals surface area (Å²) in [6, 6.07) is 2.99. The van der Waals surface area contributed by atoms with E-state index in [-0.39, 0.29) is 22.8 Å². The Labute approximate surface area is 153 Å². The van der Waals surface area contributed by atoms with Crippen LogP contribution in [0.2, 0.25) is 10.0 Å². The molecule has 0 saturated heterocycles. The molecule has 0 spiro atoms. The summed E-state index contributed by atoms with van der Waals surface area (Å²) in [6.45, 7) is 3.69. The highest BCUT2D eigenvalue weighted by atomic mass is 35.5. The lowest BCUT2D eigenvalue weighted by Crippen LogP contribution is -2.23. The fourth-order valence-corrected chi connectivity index (χ4v) is 2.90. The largest absolute Gasteiger partial charge is 0.489 e. The van der Waals surface area contributed by atoms with Gasteiger partial charge in [-0.2, -0.15) is 0 Å². The number of halogens is 2. The Morgan fingerprint density at radius 1 is 1.33 bits per heavy atom. The van der Waals surface area contributed by atoms with Gasteiger partial charge in [-0.05, 0) is 30.7 Å². The van der Waals surface area contributed by atoms with Crippen LogP contribution in [0.25, 0.3) is 0 Å². The van der Waals surface area contributed by atoms with Gasteiger partial charge in [-0.25, -0.2) is 0 Å². The highest BCUT2D eigenvalue weighted by Crippen LogP contribution is 2.34. The average Bonchev–Trinajstić information content (AvgIpc) is 2.43. The molecule has 0 saturated carbocycles. The van der Waals surface area contributed by atoms with E-state index < -0.39 is 16.7 Å². The zero-order valence-corrected chi connectivity index (χ0v) is 16.1. The molecule has 0 aromatic heterocycles. The summed E-state index contributed by atoms with van der Waals surface area (Å²) in [7, 11) is 1.63. The number of benzene rings is 1. The first kappa shape index (κ1) is 20.8. The van der Waals surface area contributed by atoms with Crippen molar-refractivity contribution in [2.24, 2.45) is 0 Å². The van der Waals surface area contributed by atoms with E-state index in [0.29, 0.717) is 16.5 Å². The standard InChI is InChI=1S/C15H20Cl2N2O4S/c1-9(2)23-13-6-12(10(16)5-11(13)17)18-14(20)7-24(22)8-15(21)19(3)4/h5-6,8-9,22H,7H2,1-4H3,(H,18,20). The molecule has 0 aliphatic rings. The minimum atomic E-state index is -1.48. The summed E-state index contributed by atoms with van der Waals surface area (Å²) in [4.78, 5) is 24.8. The predicted octanol–water partition coefficient (Wildman–Crippen LogP) is 3.35. The number of nitrogens with zero attached hydrogens (tertiary/aromatic N) is 1. The number of carbonyl (C=O) groups excluding carboxylic acids is 2. The van der Waals surface area contributed by atoms with Crippen LogP contribution < -0.4 is 10.1 Å². The van der Waals surface area contributed by atoms with Gasteiger partial charge in [0.15, 0.2) is 0 Å². The zero-order valence-electron chi connectivity index (χ0n) is 13.8. The van der Waals surface area contributed by atoms with Crippen molar-refractivity contribution < 1.29 is 18.9 Å². The third kappa shape index (κ3) is 6.68. The molecular formula is C15H20Cl2N2O4S. The summed E-state index contributed by atoms with van der Waals surface area (Å²) < 4.78 is 15.3. The van der Waals surface area contributed by atoms with Crippen LogP contribution in [0.5, 0.6) is 5.75 Å². The van der Waals surface area contributed by atoms with E-state index in [9.17, 15) is 14.1 Å². The van der Waals surface area contributed by atoms with Gasteiger partial charge >= 0.3 is 0 Å². The van der Waals surface area contributed by atoms with Crippen molar-refractivity contribution in [1.29, 1.82) is 0 Å². The molecule has 0 aliphatic carbocycles. The van der Waals surface area contributed by atoms with Gasteiger partial charge in [-0.3, -0.25) is 9.59 Å². The summed E-state index contributed by atoms with van der Waals surface area (Å²) in [5.74, 6) is -0.711. The van der Waals surface area contributed by atoms with Crippen molar-refractivity contribution in [1.82, 2.24) is 4.90 Å². The molecule has 2 amide bonds. The lowest BCUT2D eigenvalue weighted by atomic mass is 10.3. The number of carbonyl (C=O) groups is 2. The molecule has 0 radical (unpaired) electrons. The highest BCUT2D eigenvalue weighted by molar-refractivity contribution is 8.11. The predicted molar refractivity (Wildman–Crippen MR) is 101 cm³/mol. The Bertz CT molecular complexity index is 663. The maximum Gasteiger partial charge on any atom is 0.253 e. The van der Waals surface area contributed by atoms with E-state index in [2.05, 4.69) is 5.32 Å². The van der Waals surface area contributed by atoms with Gasteiger partial charge in [0.1, 0.15) is 5.75 Å². The topological polar surface area (TPSA) is 78.9 Å². The second-order valence-corrected chi connectivity index (χ2v) is 7.51. The fourth-order valence-electron chi connectivity index (χ4n) is 1.55. The molecule has 2 N–H and O–H groups in total. The quantitative estimate of drug-likeness (QED) is 0.724. The summed E-state index contributed by atoms with van der Waals surface area (Å²) in [6.07, 6.45) is -0.0952. The maximum atomic E-state index is 12.0. The highest BCUT2D eigenvalue weighted by Gasteiger charge is 2.13. The number of ether oxygens (including phenoxy) is 1. The van der Waals surface area contributed by atoms with Crippen LogP contribution in [-0.4, -0.2) is 52.6 Å². The van der Waals surface area contributed by atoms with Crippen LogP contribution in [0.1, 0.15) is 13.8 Å². The third-order valence-electron chi connectivity index (χ3n) is 2.61. The lowest BCUT2D eigenvalue weighted by Gasteiger charge is -2.14. The van der Waals surface area contributed by atoms with E-state index in [1.165, 1.54) is 17.0 Å². The molecule has 6 nitrogen and oxygen atoms in total. The molecule has 9 heteroatoms. The van der Waals surface area contributed by atoms with Gasteiger partial charge in [-0.1, -0.05) is 23.2 Å². The Balaban J connectivity index is 2.85. The molecular weight excluding hydrogens is 375 g/mol. The SMILES string of the molecule is CC(C)Oc1cc(NC(=O)CS(O)=CC(=O)N(C)C)c(Cl)cc1Cl. The minimum absolute atomic E-state index is 0.0952. The second-order valence-electron chi connectivity index (χ2n) is 5.37. The van der Waals surface area contributed by atoms with Crippen molar-refractivity contribution in [3.05, 3.63) is 22.2 Å². The molecule has 24 heavy (non-hydrogen) atoms. The van der Waals surface area contributed by atoms with Gasteiger partial charge in [0.25, 0.3) is 5.91 Å². The number of hydrogen-bond donors (Lipinski definition) is 2. The first-order chi connectivity index (χ1) is 11.1. The first-order valence-corrected chi connectivity index (χ1v) is 9.17. The van der Waals surface area contributed by atoms with Crippen LogP contribution in [0.15, 0.2) is 12.1 Å². The number of anilines is 1. The zero-order chi connectivity index (χ0) is 18.4. The molecule has 134 valence electrons. The lowest BCUT2D eigenvalue weighted by molar-refractivity contribution is -0.121. The smallest absolute Gasteiger partial charge is 0.253 e. The van der Waals surface area contributed by atoms with Crippen molar-refractivity contribution in [2.45, 2.75) is 20.0 Å². The van der Waals surface area contributed by atoms with Gasteiger partial charge in [-0.15, -0.1) is 0 Å². The van der Waals surface area contributed by atoms with Crippen LogP contribution >= 0.6 is 34.0 Å². The Kier molecular flexibility index (Phi) is 8.02. The van der Waals surface area contributed by atoms with Gasteiger partial charge in [0.2, 0.25) is 5.91 Å². The Hall–Kier alpha value is -1.28. The van der Waals surface area contributed by atoms with E-state index in [4.69, 9.17) is 27.9 Å². The molecule has 0 bridgehead atoms. The fraction of sp³-hybridized carbons (Fsp3) is 0.400. The number of rotatable bonds is 6. The van der Waals surface area contributed by atoms with E-state index >= 15 is 0 Å². The Morgan fingerprint density at radius 2 is 1.96 bits per heavy atom. The molecule has 1 rings (SSSR count). The third-order valence-corrected chi connectivity index (χ3v) is 4.25. The molecule has 1 atom stereocenters. The summed E-state index contributed by atoms with van der Waals surface area (Å²) in [5.41, 5.74) is 0.317. The number of amides is 2. The van der Waals surface area contributed by atoms with Crippen LogP contribution in [0.3, 0.4) is 0 Å². The van der Waals surface area contributed by atoms with Gasteiger partial charge in [0, 0.05) is 20.2 Å². The average molecular weight is 395 g/mol. The molecule has 1 unspecified atom stereocenters. The summed E-state index contributed by atoms with van der Waals surface area (Å²) in [5, 5.41) is 4.25.